The summed E-state index contributed by atoms with van der Waals surface area (Å²) < 4.78 is 29.1. The average Bonchev–Trinajstić information content (AvgIpc) is 3.13. The van der Waals surface area contributed by atoms with Gasteiger partial charge in [0.2, 0.25) is 5.91 Å². The molecular weight excluding hydrogens is 402 g/mol. The first kappa shape index (κ1) is 22.5. The van der Waals surface area contributed by atoms with Crippen LogP contribution in [-0.4, -0.2) is 45.6 Å². The van der Waals surface area contributed by atoms with Crippen molar-refractivity contribution in [3.63, 3.8) is 0 Å². The summed E-state index contributed by atoms with van der Waals surface area (Å²) in [6.07, 6.45) is 1.19. The molecule has 7 nitrogen and oxygen atoms in total. The number of hydrogen-bond acceptors (Lipinski definition) is 4. The number of hydrogen-bond donors (Lipinski definition) is 2. The number of benzene rings is 1. The number of carbonyl (C=O) groups is 1. The first-order valence-corrected chi connectivity index (χ1v) is 10.2. The monoisotopic (exact) mass is 430 g/mol. The molecule has 166 valence electrons. The molecule has 2 heterocycles. The largest absolute Gasteiger partial charge is 0.386 e. The molecule has 0 saturated carbocycles. The minimum absolute atomic E-state index is 0.0466. The minimum Gasteiger partial charge on any atom is -0.386 e. The molecule has 0 bridgehead atoms. The Hall–Kier alpha value is -3.23. The van der Waals surface area contributed by atoms with E-state index in [1.165, 1.54) is 13.0 Å². The highest BCUT2D eigenvalue weighted by Crippen LogP contribution is 2.34. The lowest BCUT2D eigenvalue weighted by Gasteiger charge is -2.31. The van der Waals surface area contributed by atoms with Crippen molar-refractivity contribution in [3.05, 3.63) is 47.4 Å². The molecule has 0 atom stereocenters. The molecule has 0 unspecified atom stereocenters. The lowest BCUT2D eigenvalue weighted by atomic mass is 10.0. The fraction of sp³-hybridized carbons (Fsp3) is 0.409. The zero-order chi connectivity index (χ0) is 22.7. The Morgan fingerprint density at radius 3 is 2.65 bits per heavy atom. The molecule has 3 rings (SSSR count). The molecule has 1 aromatic heterocycles. The topological polar surface area (TPSA) is 88.5 Å². The predicted octanol–water partition coefficient (Wildman–Crippen LogP) is 3.52. The lowest BCUT2D eigenvalue weighted by molar-refractivity contribution is -0.128. The Kier molecular flexibility index (Phi) is 6.72. The summed E-state index contributed by atoms with van der Waals surface area (Å²) in [7, 11) is 1.73. The third-order valence-corrected chi connectivity index (χ3v) is 5.10. The molecule has 0 radical (unpaired) electrons. The van der Waals surface area contributed by atoms with E-state index in [0.29, 0.717) is 41.9 Å². The van der Waals surface area contributed by atoms with Gasteiger partial charge in [0.25, 0.3) is 6.43 Å². The van der Waals surface area contributed by atoms with Gasteiger partial charge in [-0.2, -0.15) is 5.10 Å². The summed E-state index contributed by atoms with van der Waals surface area (Å²) in [6, 6.07) is 4.80. The van der Waals surface area contributed by atoms with Crippen LogP contribution in [0.25, 0.3) is 11.1 Å². The van der Waals surface area contributed by atoms with Gasteiger partial charge in [0, 0.05) is 61.6 Å². The van der Waals surface area contributed by atoms with E-state index in [1.54, 1.807) is 41.2 Å². The highest BCUT2D eigenvalue weighted by Gasteiger charge is 2.24. The van der Waals surface area contributed by atoms with Crippen molar-refractivity contribution in [3.8, 4) is 11.1 Å². The first-order chi connectivity index (χ1) is 14.7. The number of amidine groups is 1. The van der Waals surface area contributed by atoms with Crippen LogP contribution in [0.15, 0.2) is 46.9 Å². The number of aliphatic imine (C=N–C) groups is 1. The van der Waals surface area contributed by atoms with Crippen LogP contribution < -0.4 is 11.1 Å². The van der Waals surface area contributed by atoms with Gasteiger partial charge in [0.05, 0.1) is 18.4 Å². The van der Waals surface area contributed by atoms with E-state index in [4.69, 9.17) is 5.73 Å². The number of carbonyl (C=O) groups excluding carboxylic acids is 1. The van der Waals surface area contributed by atoms with Crippen LogP contribution in [0.4, 0.5) is 14.5 Å². The van der Waals surface area contributed by atoms with E-state index < -0.39 is 6.43 Å². The maximum Gasteiger partial charge on any atom is 0.264 e. The van der Waals surface area contributed by atoms with E-state index in [-0.39, 0.29) is 23.3 Å². The zero-order valence-corrected chi connectivity index (χ0v) is 18.2. The maximum absolute atomic E-state index is 13.8. The smallest absolute Gasteiger partial charge is 0.264 e. The van der Waals surface area contributed by atoms with Gasteiger partial charge >= 0.3 is 0 Å². The van der Waals surface area contributed by atoms with Crippen LogP contribution in [0.1, 0.15) is 39.2 Å². The van der Waals surface area contributed by atoms with Crippen LogP contribution in [0, 0.1) is 0 Å². The Morgan fingerprint density at radius 1 is 1.32 bits per heavy atom. The minimum atomic E-state index is -2.67. The van der Waals surface area contributed by atoms with Crippen LogP contribution >= 0.6 is 0 Å². The maximum atomic E-state index is 13.8. The molecule has 0 fully saturated rings. The summed E-state index contributed by atoms with van der Waals surface area (Å²) in [5.41, 5.74) is 9.15. The van der Waals surface area contributed by atoms with Crippen molar-refractivity contribution in [2.45, 2.75) is 39.7 Å². The van der Waals surface area contributed by atoms with Crippen LogP contribution in [-0.2, 0) is 11.8 Å². The van der Waals surface area contributed by atoms with Gasteiger partial charge < -0.3 is 16.0 Å². The number of rotatable bonds is 6. The molecule has 1 aliphatic rings. The number of aromatic nitrogens is 2. The summed E-state index contributed by atoms with van der Waals surface area (Å²) >= 11 is 0. The fourth-order valence-corrected chi connectivity index (χ4v) is 3.61. The number of nitrogens with one attached hydrogen (secondary N) is 1. The second-order valence-corrected chi connectivity index (χ2v) is 7.92. The summed E-state index contributed by atoms with van der Waals surface area (Å²) in [5.74, 6) is 0.165. The summed E-state index contributed by atoms with van der Waals surface area (Å²) in [6.45, 7) is 6.46. The lowest BCUT2D eigenvalue weighted by Crippen LogP contribution is -2.42. The van der Waals surface area contributed by atoms with Gasteiger partial charge in [-0.25, -0.2) is 13.8 Å². The Morgan fingerprint density at radius 2 is 2.06 bits per heavy atom. The highest BCUT2D eigenvalue weighted by atomic mass is 19.3. The molecule has 1 aromatic carbocycles. The SMILES string of the molecule is CC(=O)N1CCC(NC(C)C)=C(C(N)=Nc2ccc(-c3cnn(C)c3)c(C(F)F)c2)C1. The molecule has 3 N–H and O–H groups in total. The molecule has 0 spiro atoms. The van der Waals surface area contributed by atoms with E-state index in [9.17, 15) is 13.6 Å². The van der Waals surface area contributed by atoms with Crippen molar-refractivity contribution in [2.75, 3.05) is 13.1 Å². The third kappa shape index (κ3) is 5.28. The van der Waals surface area contributed by atoms with E-state index in [1.807, 2.05) is 13.8 Å². The van der Waals surface area contributed by atoms with Gasteiger partial charge in [-0.15, -0.1) is 0 Å². The summed E-state index contributed by atoms with van der Waals surface area (Å²) in [5, 5.41) is 7.43. The number of alkyl halides is 2. The van der Waals surface area contributed by atoms with E-state index in [2.05, 4.69) is 15.4 Å². The molecule has 2 aromatic rings. The van der Waals surface area contributed by atoms with E-state index in [0.717, 1.165) is 5.70 Å². The van der Waals surface area contributed by atoms with Gasteiger partial charge in [0.15, 0.2) is 0 Å². The highest BCUT2D eigenvalue weighted by molar-refractivity contribution is 6.00. The van der Waals surface area contributed by atoms with Gasteiger partial charge in [-0.1, -0.05) is 6.07 Å². The second kappa shape index (κ2) is 9.28. The molecule has 1 aliphatic heterocycles. The fourth-order valence-electron chi connectivity index (χ4n) is 3.61. The van der Waals surface area contributed by atoms with Crippen molar-refractivity contribution < 1.29 is 13.6 Å². The van der Waals surface area contributed by atoms with Crippen molar-refractivity contribution in [1.29, 1.82) is 0 Å². The van der Waals surface area contributed by atoms with Crippen molar-refractivity contribution >= 4 is 17.4 Å². The number of aryl methyl sites for hydroxylation is 1. The van der Waals surface area contributed by atoms with Crippen molar-refractivity contribution in [1.82, 2.24) is 20.0 Å². The Bertz CT molecular complexity index is 1020. The Balaban J connectivity index is 1.99. The average molecular weight is 431 g/mol. The molecule has 0 aliphatic carbocycles. The molecular formula is C22H28F2N6O. The molecule has 1 amide bonds. The van der Waals surface area contributed by atoms with Crippen molar-refractivity contribution in [2.24, 2.45) is 17.8 Å². The Labute approximate surface area is 180 Å². The third-order valence-electron chi connectivity index (χ3n) is 5.10. The van der Waals surface area contributed by atoms with Crippen LogP contribution in [0.3, 0.4) is 0 Å². The van der Waals surface area contributed by atoms with Gasteiger partial charge in [-0.3, -0.25) is 9.48 Å². The molecule has 31 heavy (non-hydrogen) atoms. The normalized spacial score (nSPS) is 15.2. The number of amides is 1. The molecule has 9 heteroatoms. The van der Waals surface area contributed by atoms with Crippen LogP contribution in [0.5, 0.6) is 0 Å². The number of halogens is 2. The predicted molar refractivity (Wildman–Crippen MR) is 117 cm³/mol. The summed E-state index contributed by atoms with van der Waals surface area (Å²) in [4.78, 5) is 18.0. The van der Waals surface area contributed by atoms with Crippen LogP contribution in [0.2, 0.25) is 0 Å². The molecule has 0 saturated heterocycles. The number of nitrogens with zero attached hydrogens (tertiary/aromatic N) is 4. The van der Waals surface area contributed by atoms with Gasteiger partial charge in [-0.05, 0) is 31.5 Å². The standard InChI is InChI=1S/C22H28F2N6O/c1-13(2)27-20-7-8-30(14(3)31)12-19(20)22(25)28-16-5-6-17(18(9-16)21(23)24)15-10-26-29(4)11-15/h5-6,9-11,13,21,27H,7-8,12H2,1-4H3,(H2,25,28). The zero-order valence-electron chi connectivity index (χ0n) is 18.2. The quantitative estimate of drug-likeness (QED) is 0.542. The van der Waals surface area contributed by atoms with E-state index >= 15 is 0 Å². The number of nitrogens with two attached hydrogens (primary N) is 1. The first-order valence-electron chi connectivity index (χ1n) is 10.2. The second-order valence-electron chi connectivity index (χ2n) is 7.92. The van der Waals surface area contributed by atoms with Gasteiger partial charge in [0.1, 0.15) is 5.84 Å².